The number of carbonyl (C=O) groups is 1. The summed E-state index contributed by atoms with van der Waals surface area (Å²) >= 11 is 0. The summed E-state index contributed by atoms with van der Waals surface area (Å²) in [5.41, 5.74) is 1.02. The van der Waals surface area contributed by atoms with Gasteiger partial charge in [-0.2, -0.15) is 0 Å². The van der Waals surface area contributed by atoms with Crippen LogP contribution in [-0.4, -0.2) is 22.2 Å². The SMILES string of the molecule is CC(Cc1ccccc1)NC(=O)c1c(O)cccc1O. The number of rotatable bonds is 4. The second kappa shape index (κ2) is 6.10. The summed E-state index contributed by atoms with van der Waals surface area (Å²) in [5, 5.41) is 22.1. The Kier molecular flexibility index (Phi) is 4.25. The Morgan fingerprint density at radius 1 is 1.05 bits per heavy atom. The van der Waals surface area contributed by atoms with Crippen LogP contribution < -0.4 is 5.32 Å². The Morgan fingerprint density at radius 2 is 1.65 bits per heavy atom. The lowest BCUT2D eigenvalue weighted by molar-refractivity contribution is 0.0934. The van der Waals surface area contributed by atoms with E-state index >= 15 is 0 Å². The smallest absolute Gasteiger partial charge is 0.259 e. The molecule has 4 heteroatoms. The van der Waals surface area contributed by atoms with E-state index in [0.717, 1.165) is 5.56 Å². The van der Waals surface area contributed by atoms with Crippen molar-refractivity contribution in [3.05, 3.63) is 59.7 Å². The normalized spacial score (nSPS) is 11.8. The number of benzene rings is 2. The van der Waals surface area contributed by atoms with Crippen molar-refractivity contribution >= 4 is 5.91 Å². The highest BCUT2D eigenvalue weighted by atomic mass is 16.3. The molecular weight excluding hydrogens is 254 g/mol. The Labute approximate surface area is 117 Å². The molecule has 104 valence electrons. The Morgan fingerprint density at radius 3 is 2.25 bits per heavy atom. The highest BCUT2D eigenvalue weighted by molar-refractivity contribution is 5.99. The van der Waals surface area contributed by atoms with Crippen molar-refractivity contribution in [1.82, 2.24) is 5.32 Å². The summed E-state index contributed by atoms with van der Waals surface area (Å²) in [5.74, 6) is -0.937. The standard InChI is InChI=1S/C16H17NO3/c1-11(10-12-6-3-2-4-7-12)17-16(20)15-13(18)8-5-9-14(15)19/h2-9,11,18-19H,10H2,1H3,(H,17,20). The Bertz CT molecular complexity index is 576. The van der Waals surface area contributed by atoms with E-state index in [-0.39, 0.29) is 23.1 Å². The second-order valence-electron chi connectivity index (χ2n) is 4.74. The number of carbonyl (C=O) groups excluding carboxylic acids is 1. The van der Waals surface area contributed by atoms with Gasteiger partial charge < -0.3 is 15.5 Å². The van der Waals surface area contributed by atoms with Gasteiger partial charge >= 0.3 is 0 Å². The van der Waals surface area contributed by atoms with Gasteiger partial charge in [-0.25, -0.2) is 0 Å². The quantitative estimate of drug-likeness (QED) is 0.800. The molecule has 2 aromatic rings. The van der Waals surface area contributed by atoms with Crippen molar-refractivity contribution in [3.63, 3.8) is 0 Å². The largest absolute Gasteiger partial charge is 0.507 e. The number of nitrogens with one attached hydrogen (secondary N) is 1. The topological polar surface area (TPSA) is 69.6 Å². The molecule has 4 nitrogen and oxygen atoms in total. The molecule has 1 unspecified atom stereocenters. The van der Waals surface area contributed by atoms with E-state index in [2.05, 4.69) is 5.32 Å². The summed E-state index contributed by atoms with van der Waals surface area (Å²) < 4.78 is 0. The molecule has 3 N–H and O–H groups in total. The summed E-state index contributed by atoms with van der Waals surface area (Å²) in [6.07, 6.45) is 0.681. The lowest BCUT2D eigenvalue weighted by Crippen LogP contribution is -2.34. The number of amides is 1. The molecule has 20 heavy (non-hydrogen) atoms. The van der Waals surface area contributed by atoms with Gasteiger partial charge in [0.25, 0.3) is 5.91 Å². The monoisotopic (exact) mass is 271 g/mol. The zero-order valence-electron chi connectivity index (χ0n) is 11.2. The highest BCUT2D eigenvalue weighted by Crippen LogP contribution is 2.26. The van der Waals surface area contributed by atoms with Gasteiger partial charge in [0.1, 0.15) is 17.1 Å². The fraction of sp³-hybridized carbons (Fsp3) is 0.188. The third-order valence-electron chi connectivity index (χ3n) is 3.01. The molecule has 0 fully saturated rings. The molecule has 0 spiro atoms. The van der Waals surface area contributed by atoms with Crippen LogP contribution in [0.4, 0.5) is 0 Å². The molecule has 2 aromatic carbocycles. The van der Waals surface area contributed by atoms with Crippen LogP contribution >= 0.6 is 0 Å². The maximum atomic E-state index is 12.1. The fourth-order valence-electron chi connectivity index (χ4n) is 2.08. The van der Waals surface area contributed by atoms with Crippen molar-refractivity contribution in [3.8, 4) is 11.5 Å². The highest BCUT2D eigenvalue weighted by Gasteiger charge is 2.17. The van der Waals surface area contributed by atoms with Crippen molar-refractivity contribution in [1.29, 1.82) is 0 Å². The lowest BCUT2D eigenvalue weighted by atomic mass is 10.1. The first kappa shape index (κ1) is 13.9. The molecule has 0 aliphatic carbocycles. The fourth-order valence-corrected chi connectivity index (χ4v) is 2.08. The molecule has 0 aliphatic rings. The molecule has 0 heterocycles. The van der Waals surface area contributed by atoms with E-state index in [1.165, 1.54) is 18.2 Å². The van der Waals surface area contributed by atoms with Crippen LogP contribution in [0, 0.1) is 0 Å². The third-order valence-corrected chi connectivity index (χ3v) is 3.01. The minimum absolute atomic E-state index is 0.0904. The van der Waals surface area contributed by atoms with E-state index in [0.29, 0.717) is 6.42 Å². The van der Waals surface area contributed by atoms with Crippen LogP contribution in [0.2, 0.25) is 0 Å². The number of phenols is 2. The van der Waals surface area contributed by atoms with Crippen molar-refractivity contribution in [2.24, 2.45) is 0 Å². The maximum Gasteiger partial charge on any atom is 0.259 e. The molecule has 0 saturated carbocycles. The van der Waals surface area contributed by atoms with E-state index in [4.69, 9.17) is 0 Å². The Balaban J connectivity index is 2.04. The molecule has 1 amide bonds. The van der Waals surface area contributed by atoms with E-state index in [1.807, 2.05) is 37.3 Å². The summed E-state index contributed by atoms with van der Waals surface area (Å²) in [6, 6.07) is 13.9. The van der Waals surface area contributed by atoms with Crippen LogP contribution in [0.3, 0.4) is 0 Å². The summed E-state index contributed by atoms with van der Waals surface area (Å²) in [4.78, 5) is 12.1. The number of aromatic hydroxyl groups is 2. The molecule has 0 aromatic heterocycles. The van der Waals surface area contributed by atoms with E-state index < -0.39 is 5.91 Å². The molecule has 0 aliphatic heterocycles. The zero-order valence-corrected chi connectivity index (χ0v) is 11.2. The van der Waals surface area contributed by atoms with Crippen molar-refractivity contribution in [2.75, 3.05) is 0 Å². The van der Waals surface area contributed by atoms with E-state index in [1.54, 1.807) is 0 Å². The van der Waals surface area contributed by atoms with Gasteiger partial charge in [0.05, 0.1) is 0 Å². The van der Waals surface area contributed by atoms with Crippen LogP contribution in [0.15, 0.2) is 48.5 Å². The van der Waals surface area contributed by atoms with E-state index in [9.17, 15) is 15.0 Å². The molecule has 0 bridgehead atoms. The van der Waals surface area contributed by atoms with Crippen LogP contribution in [0.5, 0.6) is 11.5 Å². The third kappa shape index (κ3) is 3.29. The molecule has 2 rings (SSSR count). The molecular formula is C16H17NO3. The lowest BCUT2D eigenvalue weighted by Gasteiger charge is -2.15. The molecule has 0 saturated heterocycles. The predicted octanol–water partition coefficient (Wildman–Crippen LogP) is 2.46. The molecule has 0 radical (unpaired) electrons. The molecule has 1 atom stereocenters. The average Bonchev–Trinajstić information content (AvgIpc) is 2.39. The number of hydrogen-bond acceptors (Lipinski definition) is 3. The first-order valence-electron chi connectivity index (χ1n) is 6.43. The Hall–Kier alpha value is -2.49. The van der Waals surface area contributed by atoms with Crippen LogP contribution in [0.1, 0.15) is 22.8 Å². The maximum absolute atomic E-state index is 12.1. The second-order valence-corrected chi connectivity index (χ2v) is 4.74. The van der Waals surface area contributed by atoms with Crippen molar-refractivity contribution in [2.45, 2.75) is 19.4 Å². The van der Waals surface area contributed by atoms with Gasteiger partial charge in [0, 0.05) is 6.04 Å². The van der Waals surface area contributed by atoms with Gasteiger partial charge in [-0.15, -0.1) is 0 Å². The minimum atomic E-state index is -0.482. The van der Waals surface area contributed by atoms with Gasteiger partial charge in [-0.1, -0.05) is 36.4 Å². The first-order valence-corrected chi connectivity index (χ1v) is 6.43. The van der Waals surface area contributed by atoms with Crippen LogP contribution in [-0.2, 0) is 6.42 Å². The summed E-state index contributed by atoms with van der Waals surface area (Å²) in [6.45, 7) is 1.88. The van der Waals surface area contributed by atoms with Gasteiger partial charge in [0.2, 0.25) is 0 Å². The van der Waals surface area contributed by atoms with Gasteiger partial charge in [-0.3, -0.25) is 4.79 Å². The number of hydrogen-bond donors (Lipinski definition) is 3. The zero-order chi connectivity index (χ0) is 14.5. The summed E-state index contributed by atoms with van der Waals surface area (Å²) in [7, 11) is 0. The minimum Gasteiger partial charge on any atom is -0.507 e. The van der Waals surface area contributed by atoms with Crippen molar-refractivity contribution < 1.29 is 15.0 Å². The number of phenolic OH excluding ortho intramolecular Hbond substituents is 2. The van der Waals surface area contributed by atoms with Gasteiger partial charge in [0.15, 0.2) is 0 Å². The first-order chi connectivity index (χ1) is 9.58. The van der Waals surface area contributed by atoms with Gasteiger partial charge in [-0.05, 0) is 31.0 Å². The average molecular weight is 271 g/mol. The predicted molar refractivity (Wildman–Crippen MR) is 76.8 cm³/mol. The van der Waals surface area contributed by atoms with Crippen LogP contribution in [0.25, 0.3) is 0 Å².